The lowest BCUT2D eigenvalue weighted by Crippen LogP contribution is -2.32. The number of pyridine rings is 2. The number of benzene rings is 2. The number of halogens is 2. The van der Waals surface area contributed by atoms with E-state index in [4.69, 9.17) is 11.6 Å². The summed E-state index contributed by atoms with van der Waals surface area (Å²) in [6.45, 7) is -0.226. The minimum absolute atomic E-state index is 0.0420. The maximum absolute atomic E-state index is 15.0. The first kappa shape index (κ1) is 21.9. The summed E-state index contributed by atoms with van der Waals surface area (Å²) < 4.78 is 39.8. The smallest absolute Gasteiger partial charge is 0.260 e. The van der Waals surface area contributed by atoms with Crippen LogP contribution in [0.2, 0.25) is 5.15 Å². The van der Waals surface area contributed by atoms with Crippen LogP contribution in [0.25, 0.3) is 10.9 Å². The second-order valence-electron chi connectivity index (χ2n) is 7.14. The van der Waals surface area contributed by atoms with Gasteiger partial charge in [-0.2, -0.15) is 0 Å². The van der Waals surface area contributed by atoms with Crippen molar-refractivity contribution >= 4 is 43.9 Å². The minimum atomic E-state index is -3.67. The van der Waals surface area contributed by atoms with E-state index in [1.165, 1.54) is 41.6 Å². The standard InChI is InChI=1S/C23H17ClFN3O3S/c1-32(30,31)21-7-3-2-6-20(21)28(23(29)16-5-4-10-26-13-16)14-17-12-19-15(11-18(17)25)8-9-22(24)27-19/h2-13H,14H2,1H3. The molecule has 0 bridgehead atoms. The molecule has 9 heteroatoms. The molecule has 2 aromatic carbocycles. The zero-order valence-corrected chi connectivity index (χ0v) is 18.4. The van der Waals surface area contributed by atoms with E-state index in [0.29, 0.717) is 10.9 Å². The lowest BCUT2D eigenvalue weighted by atomic mass is 10.1. The molecule has 0 unspecified atom stereocenters. The van der Waals surface area contributed by atoms with E-state index in [9.17, 15) is 17.6 Å². The van der Waals surface area contributed by atoms with Gasteiger partial charge in [-0.1, -0.05) is 23.7 Å². The zero-order valence-electron chi connectivity index (χ0n) is 16.9. The van der Waals surface area contributed by atoms with Crippen molar-refractivity contribution in [3.63, 3.8) is 0 Å². The molecule has 2 heterocycles. The Morgan fingerprint density at radius 1 is 1.09 bits per heavy atom. The van der Waals surface area contributed by atoms with Crippen molar-refractivity contribution in [1.29, 1.82) is 0 Å². The summed E-state index contributed by atoms with van der Waals surface area (Å²) in [7, 11) is -3.67. The average molecular weight is 470 g/mol. The van der Waals surface area contributed by atoms with E-state index < -0.39 is 21.6 Å². The molecule has 4 rings (SSSR count). The van der Waals surface area contributed by atoms with Gasteiger partial charge in [-0.05, 0) is 48.5 Å². The van der Waals surface area contributed by atoms with Crippen LogP contribution in [0, 0.1) is 5.82 Å². The molecule has 0 radical (unpaired) electrons. The molecule has 0 fully saturated rings. The normalized spacial score (nSPS) is 11.5. The Balaban J connectivity index is 1.87. The molecule has 0 N–H and O–H groups in total. The Morgan fingerprint density at radius 3 is 2.59 bits per heavy atom. The number of carbonyl (C=O) groups excluding carboxylic acids is 1. The SMILES string of the molecule is CS(=O)(=O)c1ccccc1N(Cc1cc2nc(Cl)ccc2cc1F)C(=O)c1cccnc1. The van der Waals surface area contributed by atoms with Gasteiger partial charge in [0.05, 0.1) is 28.2 Å². The van der Waals surface area contributed by atoms with Gasteiger partial charge in [-0.25, -0.2) is 17.8 Å². The number of hydrogen-bond donors (Lipinski definition) is 0. The predicted molar refractivity (Wildman–Crippen MR) is 121 cm³/mol. The lowest BCUT2D eigenvalue weighted by molar-refractivity contribution is 0.0984. The van der Waals surface area contributed by atoms with Gasteiger partial charge in [0.2, 0.25) is 0 Å². The molecular weight excluding hydrogens is 453 g/mol. The fraction of sp³-hybridized carbons (Fsp3) is 0.0870. The van der Waals surface area contributed by atoms with Crippen LogP contribution in [0.15, 0.2) is 78.0 Å². The molecule has 4 aromatic rings. The highest BCUT2D eigenvalue weighted by molar-refractivity contribution is 7.90. The van der Waals surface area contributed by atoms with E-state index in [-0.39, 0.29) is 33.4 Å². The fourth-order valence-corrected chi connectivity index (χ4v) is 4.40. The number of anilines is 1. The molecule has 162 valence electrons. The number of rotatable bonds is 5. The summed E-state index contributed by atoms with van der Waals surface area (Å²) in [5.41, 5.74) is 0.993. The summed E-state index contributed by atoms with van der Waals surface area (Å²) in [6, 6.07) is 15.3. The first-order valence-corrected chi connectivity index (χ1v) is 11.8. The molecule has 0 saturated carbocycles. The number of aromatic nitrogens is 2. The highest BCUT2D eigenvalue weighted by Crippen LogP contribution is 2.29. The fourth-order valence-electron chi connectivity index (χ4n) is 3.36. The van der Waals surface area contributed by atoms with Crippen molar-refractivity contribution in [1.82, 2.24) is 9.97 Å². The third-order valence-corrected chi connectivity index (χ3v) is 6.22. The minimum Gasteiger partial charge on any atom is -0.302 e. The first-order chi connectivity index (χ1) is 15.2. The Kier molecular flexibility index (Phi) is 5.90. The Hall–Kier alpha value is -3.36. The molecule has 6 nitrogen and oxygen atoms in total. The number of fused-ring (bicyclic) bond motifs is 1. The van der Waals surface area contributed by atoms with Crippen molar-refractivity contribution in [3.05, 3.63) is 95.2 Å². The van der Waals surface area contributed by atoms with Crippen LogP contribution in [0.5, 0.6) is 0 Å². The second-order valence-corrected chi connectivity index (χ2v) is 9.51. The van der Waals surface area contributed by atoms with Gasteiger partial charge in [0.25, 0.3) is 5.91 Å². The number of sulfone groups is 1. The van der Waals surface area contributed by atoms with E-state index in [1.807, 2.05) is 0 Å². The Bertz CT molecular complexity index is 1430. The summed E-state index contributed by atoms with van der Waals surface area (Å²) in [4.78, 5) is 22.7. The highest BCUT2D eigenvalue weighted by Gasteiger charge is 2.25. The van der Waals surface area contributed by atoms with E-state index in [0.717, 1.165) is 6.26 Å². The second kappa shape index (κ2) is 8.64. The van der Waals surface area contributed by atoms with Crippen molar-refractivity contribution in [2.75, 3.05) is 11.2 Å². The van der Waals surface area contributed by atoms with Crippen molar-refractivity contribution in [3.8, 4) is 0 Å². The molecule has 0 saturated heterocycles. The van der Waals surface area contributed by atoms with Crippen LogP contribution in [0.4, 0.5) is 10.1 Å². The maximum atomic E-state index is 15.0. The molecule has 0 aliphatic rings. The third-order valence-electron chi connectivity index (χ3n) is 4.86. The van der Waals surface area contributed by atoms with Crippen LogP contribution >= 0.6 is 11.6 Å². The Morgan fingerprint density at radius 2 is 1.88 bits per heavy atom. The lowest BCUT2D eigenvalue weighted by Gasteiger charge is -2.25. The number of amides is 1. The van der Waals surface area contributed by atoms with Crippen LogP contribution in [-0.2, 0) is 16.4 Å². The molecule has 0 aliphatic carbocycles. The summed E-state index contributed by atoms with van der Waals surface area (Å²) in [5, 5.41) is 0.804. The average Bonchev–Trinajstić information content (AvgIpc) is 2.77. The van der Waals surface area contributed by atoms with E-state index in [1.54, 1.807) is 36.4 Å². The highest BCUT2D eigenvalue weighted by atomic mass is 35.5. The monoisotopic (exact) mass is 469 g/mol. The topological polar surface area (TPSA) is 80.2 Å². The largest absolute Gasteiger partial charge is 0.302 e. The molecule has 0 spiro atoms. The predicted octanol–water partition coefficient (Wildman–Crippen LogP) is 4.67. The zero-order chi connectivity index (χ0) is 22.9. The van der Waals surface area contributed by atoms with Gasteiger partial charge in [-0.15, -0.1) is 0 Å². The summed E-state index contributed by atoms with van der Waals surface area (Å²) in [6.07, 6.45) is 3.95. The van der Waals surface area contributed by atoms with Crippen molar-refractivity contribution < 1.29 is 17.6 Å². The molecule has 0 aliphatic heterocycles. The molecule has 0 atom stereocenters. The summed E-state index contributed by atoms with van der Waals surface area (Å²) >= 11 is 5.97. The Labute approximate surface area is 189 Å². The number of hydrogen-bond acceptors (Lipinski definition) is 5. The molecular formula is C23H17ClFN3O3S. The van der Waals surface area contributed by atoms with Gasteiger partial charge < -0.3 is 4.90 Å². The summed E-state index contributed by atoms with van der Waals surface area (Å²) in [5.74, 6) is -1.07. The van der Waals surface area contributed by atoms with Crippen LogP contribution < -0.4 is 4.90 Å². The van der Waals surface area contributed by atoms with Gasteiger partial charge >= 0.3 is 0 Å². The molecule has 1 amide bonds. The maximum Gasteiger partial charge on any atom is 0.260 e. The van der Waals surface area contributed by atoms with Crippen LogP contribution in [0.3, 0.4) is 0 Å². The van der Waals surface area contributed by atoms with Gasteiger partial charge in [0.15, 0.2) is 9.84 Å². The number of carbonyl (C=O) groups is 1. The van der Waals surface area contributed by atoms with Gasteiger partial charge in [0, 0.05) is 29.6 Å². The molecule has 2 aromatic heterocycles. The van der Waals surface area contributed by atoms with E-state index in [2.05, 4.69) is 9.97 Å². The molecule has 32 heavy (non-hydrogen) atoms. The van der Waals surface area contributed by atoms with Crippen LogP contribution in [0.1, 0.15) is 15.9 Å². The van der Waals surface area contributed by atoms with Gasteiger partial charge in [-0.3, -0.25) is 9.78 Å². The first-order valence-electron chi connectivity index (χ1n) is 9.50. The third kappa shape index (κ3) is 4.46. The quantitative estimate of drug-likeness (QED) is 0.397. The van der Waals surface area contributed by atoms with Crippen molar-refractivity contribution in [2.45, 2.75) is 11.4 Å². The van der Waals surface area contributed by atoms with Gasteiger partial charge in [0.1, 0.15) is 11.0 Å². The number of para-hydroxylation sites is 1. The number of nitrogens with zero attached hydrogens (tertiary/aromatic N) is 3. The van der Waals surface area contributed by atoms with Crippen molar-refractivity contribution in [2.24, 2.45) is 0 Å². The van der Waals surface area contributed by atoms with Crippen LogP contribution in [-0.4, -0.2) is 30.5 Å². The van der Waals surface area contributed by atoms with E-state index >= 15 is 0 Å².